The van der Waals surface area contributed by atoms with Crippen LogP contribution >= 0.6 is 0 Å². The van der Waals surface area contributed by atoms with E-state index in [2.05, 4.69) is 31.3 Å². The van der Waals surface area contributed by atoms with Crippen LogP contribution in [0, 0.1) is 18.8 Å². The first-order valence-electron chi connectivity index (χ1n) is 6.02. The third-order valence-electron chi connectivity index (χ3n) is 3.28. The highest BCUT2D eigenvalue weighted by atomic mass is 16.3. The van der Waals surface area contributed by atoms with Crippen molar-refractivity contribution in [2.45, 2.75) is 39.7 Å². The normalized spacial score (nSPS) is 26.6. The van der Waals surface area contributed by atoms with E-state index in [1.807, 2.05) is 6.92 Å². The van der Waals surface area contributed by atoms with E-state index in [0.29, 0.717) is 6.04 Å². The second-order valence-electron chi connectivity index (χ2n) is 4.76. The maximum atomic E-state index is 5.73. The molecule has 0 spiro atoms. The Balaban J connectivity index is 2.04. The SMILES string of the molecule is CCCNC(c1ccc(C)o1)C1CC1C. The Labute approximate surface area is 92.1 Å². The fourth-order valence-electron chi connectivity index (χ4n) is 2.20. The minimum Gasteiger partial charge on any atom is -0.465 e. The predicted molar refractivity (Wildman–Crippen MR) is 61.8 cm³/mol. The minimum atomic E-state index is 0.439. The van der Waals surface area contributed by atoms with Crippen LogP contribution in [0.3, 0.4) is 0 Å². The van der Waals surface area contributed by atoms with E-state index < -0.39 is 0 Å². The topological polar surface area (TPSA) is 25.2 Å². The number of aryl methyl sites for hydroxylation is 1. The van der Waals surface area contributed by atoms with Crippen molar-refractivity contribution in [3.8, 4) is 0 Å². The maximum Gasteiger partial charge on any atom is 0.121 e. The molecule has 84 valence electrons. The van der Waals surface area contributed by atoms with Crippen LogP contribution in [0.1, 0.15) is 44.3 Å². The predicted octanol–water partition coefficient (Wildman–Crippen LogP) is 3.28. The van der Waals surface area contributed by atoms with Gasteiger partial charge in [0.25, 0.3) is 0 Å². The van der Waals surface area contributed by atoms with Crippen molar-refractivity contribution in [2.75, 3.05) is 6.54 Å². The fourth-order valence-corrected chi connectivity index (χ4v) is 2.20. The summed E-state index contributed by atoms with van der Waals surface area (Å²) < 4.78 is 5.73. The third-order valence-corrected chi connectivity index (χ3v) is 3.28. The molecule has 15 heavy (non-hydrogen) atoms. The second kappa shape index (κ2) is 4.40. The van der Waals surface area contributed by atoms with Gasteiger partial charge in [-0.05, 0) is 50.3 Å². The van der Waals surface area contributed by atoms with E-state index in [-0.39, 0.29) is 0 Å². The van der Waals surface area contributed by atoms with Crippen LogP contribution in [-0.2, 0) is 0 Å². The highest BCUT2D eigenvalue weighted by Gasteiger charge is 2.41. The molecule has 2 rings (SSSR count). The van der Waals surface area contributed by atoms with Crippen molar-refractivity contribution in [1.29, 1.82) is 0 Å². The average Bonchev–Trinajstić information content (AvgIpc) is 2.75. The standard InChI is InChI=1S/C13H21NO/c1-4-7-14-13(11-8-9(11)2)12-6-5-10(3)15-12/h5-6,9,11,13-14H,4,7-8H2,1-3H3. The van der Waals surface area contributed by atoms with E-state index >= 15 is 0 Å². The summed E-state index contributed by atoms with van der Waals surface area (Å²) in [6.07, 6.45) is 2.51. The van der Waals surface area contributed by atoms with Gasteiger partial charge in [-0.2, -0.15) is 0 Å². The lowest BCUT2D eigenvalue weighted by atomic mass is 10.1. The lowest BCUT2D eigenvalue weighted by Gasteiger charge is -2.15. The summed E-state index contributed by atoms with van der Waals surface area (Å²) in [6.45, 7) is 7.61. The molecule has 0 aromatic carbocycles. The smallest absolute Gasteiger partial charge is 0.121 e. The molecular weight excluding hydrogens is 186 g/mol. The molecule has 1 aromatic heterocycles. The highest BCUT2D eigenvalue weighted by Crippen LogP contribution is 2.47. The van der Waals surface area contributed by atoms with Gasteiger partial charge in [0.1, 0.15) is 11.5 Å². The highest BCUT2D eigenvalue weighted by molar-refractivity contribution is 5.13. The van der Waals surface area contributed by atoms with Crippen molar-refractivity contribution in [2.24, 2.45) is 11.8 Å². The third kappa shape index (κ3) is 2.43. The van der Waals surface area contributed by atoms with E-state index in [1.165, 1.54) is 12.8 Å². The lowest BCUT2D eigenvalue weighted by Crippen LogP contribution is -2.23. The summed E-state index contributed by atoms with van der Waals surface area (Å²) in [7, 11) is 0. The van der Waals surface area contributed by atoms with Crippen LogP contribution in [0.4, 0.5) is 0 Å². The van der Waals surface area contributed by atoms with E-state index in [0.717, 1.165) is 29.9 Å². The van der Waals surface area contributed by atoms with Gasteiger partial charge < -0.3 is 9.73 Å². The largest absolute Gasteiger partial charge is 0.465 e. The molecule has 2 nitrogen and oxygen atoms in total. The van der Waals surface area contributed by atoms with Crippen LogP contribution < -0.4 is 5.32 Å². The van der Waals surface area contributed by atoms with E-state index in [1.54, 1.807) is 0 Å². The molecule has 3 unspecified atom stereocenters. The molecule has 1 aromatic rings. The van der Waals surface area contributed by atoms with Gasteiger partial charge in [0, 0.05) is 0 Å². The van der Waals surface area contributed by atoms with Gasteiger partial charge in [0.2, 0.25) is 0 Å². The molecule has 0 bridgehead atoms. The van der Waals surface area contributed by atoms with Crippen molar-refractivity contribution in [3.05, 3.63) is 23.7 Å². The van der Waals surface area contributed by atoms with Crippen molar-refractivity contribution >= 4 is 0 Å². The molecule has 1 saturated carbocycles. The zero-order valence-electron chi connectivity index (χ0n) is 9.92. The van der Waals surface area contributed by atoms with Crippen molar-refractivity contribution in [3.63, 3.8) is 0 Å². The Bertz CT molecular complexity index is 318. The van der Waals surface area contributed by atoms with Gasteiger partial charge in [-0.25, -0.2) is 0 Å². The second-order valence-corrected chi connectivity index (χ2v) is 4.76. The van der Waals surface area contributed by atoms with Gasteiger partial charge in [-0.1, -0.05) is 13.8 Å². The number of nitrogens with one attached hydrogen (secondary N) is 1. The first-order valence-corrected chi connectivity index (χ1v) is 6.02. The summed E-state index contributed by atoms with van der Waals surface area (Å²) in [5.41, 5.74) is 0. The Morgan fingerprint density at radius 1 is 1.53 bits per heavy atom. The Morgan fingerprint density at radius 3 is 2.73 bits per heavy atom. The van der Waals surface area contributed by atoms with Gasteiger partial charge in [-0.3, -0.25) is 0 Å². The molecule has 1 fully saturated rings. The molecule has 2 heteroatoms. The molecule has 1 N–H and O–H groups in total. The van der Waals surface area contributed by atoms with Crippen LogP contribution in [0.15, 0.2) is 16.5 Å². The molecule has 0 aliphatic heterocycles. The molecule has 3 atom stereocenters. The first kappa shape index (κ1) is 10.7. The zero-order chi connectivity index (χ0) is 10.8. The summed E-state index contributed by atoms with van der Waals surface area (Å²) in [5, 5.41) is 3.60. The average molecular weight is 207 g/mol. The first-order chi connectivity index (χ1) is 7.22. The molecule has 1 aliphatic carbocycles. The van der Waals surface area contributed by atoms with Gasteiger partial charge in [0.15, 0.2) is 0 Å². The van der Waals surface area contributed by atoms with Crippen LogP contribution in [-0.4, -0.2) is 6.54 Å². The van der Waals surface area contributed by atoms with Crippen LogP contribution in [0.25, 0.3) is 0 Å². The van der Waals surface area contributed by atoms with Crippen LogP contribution in [0.2, 0.25) is 0 Å². The number of furan rings is 1. The maximum absolute atomic E-state index is 5.73. The summed E-state index contributed by atoms with van der Waals surface area (Å²) in [4.78, 5) is 0. The Morgan fingerprint density at radius 2 is 2.27 bits per heavy atom. The summed E-state index contributed by atoms with van der Waals surface area (Å²) >= 11 is 0. The Kier molecular flexibility index (Phi) is 3.15. The number of hydrogen-bond donors (Lipinski definition) is 1. The fraction of sp³-hybridized carbons (Fsp3) is 0.692. The molecule has 0 saturated heterocycles. The molecule has 1 aliphatic rings. The minimum absolute atomic E-state index is 0.439. The van der Waals surface area contributed by atoms with Crippen LogP contribution in [0.5, 0.6) is 0 Å². The quantitative estimate of drug-likeness (QED) is 0.801. The zero-order valence-corrected chi connectivity index (χ0v) is 9.92. The summed E-state index contributed by atoms with van der Waals surface area (Å²) in [6, 6.07) is 4.62. The number of hydrogen-bond acceptors (Lipinski definition) is 2. The van der Waals surface area contributed by atoms with Crippen molar-refractivity contribution < 1.29 is 4.42 Å². The van der Waals surface area contributed by atoms with E-state index in [9.17, 15) is 0 Å². The molecular formula is C13H21NO. The monoisotopic (exact) mass is 207 g/mol. The van der Waals surface area contributed by atoms with Crippen molar-refractivity contribution in [1.82, 2.24) is 5.32 Å². The van der Waals surface area contributed by atoms with E-state index in [4.69, 9.17) is 4.42 Å². The Hall–Kier alpha value is -0.760. The molecule has 0 radical (unpaired) electrons. The number of rotatable bonds is 5. The van der Waals surface area contributed by atoms with Gasteiger partial charge in [-0.15, -0.1) is 0 Å². The van der Waals surface area contributed by atoms with Gasteiger partial charge in [0.05, 0.1) is 6.04 Å². The molecule has 1 heterocycles. The van der Waals surface area contributed by atoms with Gasteiger partial charge >= 0.3 is 0 Å². The molecule has 0 amide bonds. The summed E-state index contributed by atoms with van der Waals surface area (Å²) in [5.74, 6) is 3.77. The lowest BCUT2D eigenvalue weighted by molar-refractivity contribution is 0.365.